The van der Waals surface area contributed by atoms with Crippen molar-refractivity contribution < 1.29 is 8.42 Å². The van der Waals surface area contributed by atoms with Gasteiger partial charge in [0.25, 0.3) is 10.0 Å². The molecule has 1 aromatic heterocycles. The van der Waals surface area contributed by atoms with Crippen LogP contribution in [0.25, 0.3) is 0 Å². The number of benzene rings is 1. The number of nitrogens with one attached hydrogen (secondary N) is 1. The molecule has 0 amide bonds. The molecule has 7 heteroatoms. The fourth-order valence-corrected chi connectivity index (χ4v) is 3.54. The van der Waals surface area contributed by atoms with E-state index in [2.05, 4.69) is 26.2 Å². The molecule has 0 spiro atoms. The Hall–Kier alpha value is -1.44. The van der Waals surface area contributed by atoms with Crippen LogP contribution in [0.5, 0.6) is 0 Å². The Morgan fingerprint density at radius 1 is 1.24 bits per heavy atom. The highest BCUT2D eigenvalue weighted by Crippen LogP contribution is 2.24. The average Bonchev–Trinajstić information content (AvgIpc) is 2.49. The van der Waals surface area contributed by atoms with Crippen LogP contribution in [0.15, 0.2) is 52.1 Å². The highest BCUT2D eigenvalue weighted by Gasteiger charge is 2.25. The van der Waals surface area contributed by atoms with Gasteiger partial charge in [0, 0.05) is 31.3 Å². The molecular formula is C14H16BrN3O2S. The van der Waals surface area contributed by atoms with Crippen molar-refractivity contribution in [1.29, 1.82) is 0 Å². The quantitative estimate of drug-likeness (QED) is 0.879. The second-order valence-electron chi connectivity index (χ2n) is 4.46. The van der Waals surface area contributed by atoms with Gasteiger partial charge in [0.1, 0.15) is 0 Å². The molecule has 112 valence electrons. The average molecular weight is 370 g/mol. The Balaban J connectivity index is 2.33. The van der Waals surface area contributed by atoms with E-state index < -0.39 is 10.0 Å². The van der Waals surface area contributed by atoms with Gasteiger partial charge in [0.2, 0.25) is 0 Å². The summed E-state index contributed by atoms with van der Waals surface area (Å²) in [7, 11) is -0.443. The summed E-state index contributed by atoms with van der Waals surface area (Å²) >= 11 is 3.43. The van der Waals surface area contributed by atoms with E-state index in [1.54, 1.807) is 26.2 Å². The topological polar surface area (TPSA) is 62.3 Å². The molecule has 0 saturated heterocycles. The first-order valence-electron chi connectivity index (χ1n) is 6.29. The fourth-order valence-electron chi connectivity index (χ4n) is 1.89. The van der Waals surface area contributed by atoms with Gasteiger partial charge < -0.3 is 5.32 Å². The van der Waals surface area contributed by atoms with E-state index in [0.29, 0.717) is 5.69 Å². The van der Waals surface area contributed by atoms with E-state index in [-0.39, 0.29) is 11.6 Å². The molecule has 21 heavy (non-hydrogen) atoms. The maximum absolute atomic E-state index is 12.6. The van der Waals surface area contributed by atoms with Crippen molar-refractivity contribution in [1.82, 2.24) is 9.29 Å². The smallest absolute Gasteiger partial charge is 0.262 e. The molecule has 1 aromatic carbocycles. The van der Waals surface area contributed by atoms with Crippen LogP contribution in [0.4, 0.5) is 5.69 Å². The minimum Gasteiger partial charge on any atom is -0.386 e. The SMILES string of the molecule is CNc1cccnc1S(=O)(=O)N(C)Cc1ccccc1Br. The van der Waals surface area contributed by atoms with Crippen molar-refractivity contribution in [3.8, 4) is 0 Å². The van der Waals surface area contributed by atoms with Crippen LogP contribution in [0.2, 0.25) is 0 Å². The van der Waals surface area contributed by atoms with Gasteiger partial charge in [0.05, 0.1) is 5.69 Å². The second-order valence-corrected chi connectivity index (χ2v) is 7.27. The largest absolute Gasteiger partial charge is 0.386 e. The molecule has 0 fully saturated rings. The number of halogens is 1. The molecule has 1 N–H and O–H groups in total. The fraction of sp³-hybridized carbons (Fsp3) is 0.214. The number of aromatic nitrogens is 1. The van der Waals surface area contributed by atoms with E-state index in [1.165, 1.54) is 10.5 Å². The maximum atomic E-state index is 12.6. The predicted octanol–water partition coefficient (Wildman–Crippen LogP) is 2.71. The summed E-state index contributed by atoms with van der Waals surface area (Å²) in [6.45, 7) is 0.267. The number of anilines is 1. The van der Waals surface area contributed by atoms with Gasteiger partial charge in [-0.15, -0.1) is 0 Å². The second kappa shape index (κ2) is 6.55. The molecule has 0 atom stereocenters. The molecule has 2 rings (SSSR count). The van der Waals surface area contributed by atoms with Gasteiger partial charge in [-0.3, -0.25) is 0 Å². The van der Waals surface area contributed by atoms with Crippen LogP contribution in [0.3, 0.4) is 0 Å². The minimum atomic E-state index is -3.66. The third-order valence-corrected chi connectivity index (χ3v) is 5.58. The Labute approximate surface area is 133 Å². The highest BCUT2D eigenvalue weighted by atomic mass is 79.9. The van der Waals surface area contributed by atoms with E-state index >= 15 is 0 Å². The molecule has 0 unspecified atom stereocenters. The highest BCUT2D eigenvalue weighted by molar-refractivity contribution is 9.10. The Morgan fingerprint density at radius 3 is 2.62 bits per heavy atom. The van der Waals surface area contributed by atoms with Gasteiger partial charge >= 0.3 is 0 Å². The Bertz CT molecular complexity index is 735. The summed E-state index contributed by atoms with van der Waals surface area (Å²) in [5.41, 5.74) is 1.38. The van der Waals surface area contributed by atoms with Gasteiger partial charge in [-0.1, -0.05) is 34.1 Å². The van der Waals surface area contributed by atoms with Crippen LogP contribution in [-0.2, 0) is 16.6 Å². The standard InChI is InChI=1S/C14H16BrN3O2S/c1-16-13-8-5-9-17-14(13)21(19,20)18(2)10-11-6-3-4-7-12(11)15/h3-9,16H,10H2,1-2H3. The molecule has 0 aliphatic heterocycles. The normalized spacial score (nSPS) is 11.6. The Kier molecular flexibility index (Phi) is 4.97. The van der Waals surface area contributed by atoms with Crippen molar-refractivity contribution in [2.24, 2.45) is 0 Å². The minimum absolute atomic E-state index is 0.0297. The van der Waals surface area contributed by atoms with Crippen molar-refractivity contribution in [3.63, 3.8) is 0 Å². The molecule has 2 aromatic rings. The van der Waals surface area contributed by atoms with Gasteiger partial charge in [0.15, 0.2) is 5.03 Å². The van der Waals surface area contributed by atoms with E-state index in [4.69, 9.17) is 0 Å². The zero-order valence-corrected chi connectivity index (χ0v) is 14.1. The van der Waals surface area contributed by atoms with Gasteiger partial charge in [-0.2, -0.15) is 4.31 Å². The first-order valence-corrected chi connectivity index (χ1v) is 8.52. The molecule has 0 saturated carbocycles. The lowest BCUT2D eigenvalue weighted by Gasteiger charge is -2.19. The molecule has 1 heterocycles. The molecular weight excluding hydrogens is 354 g/mol. The van der Waals surface area contributed by atoms with Crippen molar-refractivity contribution >= 4 is 31.6 Å². The molecule has 5 nitrogen and oxygen atoms in total. The van der Waals surface area contributed by atoms with Crippen LogP contribution in [-0.4, -0.2) is 31.8 Å². The summed E-state index contributed by atoms with van der Waals surface area (Å²) in [5.74, 6) is 0. The van der Waals surface area contributed by atoms with E-state index in [0.717, 1.165) is 10.0 Å². The lowest BCUT2D eigenvalue weighted by Crippen LogP contribution is -2.28. The van der Waals surface area contributed by atoms with Crippen molar-refractivity contribution in [3.05, 3.63) is 52.6 Å². The number of sulfonamides is 1. The summed E-state index contributed by atoms with van der Waals surface area (Å²) in [6, 6.07) is 10.9. The first kappa shape index (κ1) is 15.9. The zero-order chi connectivity index (χ0) is 15.5. The van der Waals surface area contributed by atoms with Gasteiger partial charge in [-0.05, 0) is 23.8 Å². The number of hydrogen-bond donors (Lipinski definition) is 1. The number of rotatable bonds is 5. The Morgan fingerprint density at radius 2 is 1.95 bits per heavy atom. The van der Waals surface area contributed by atoms with Crippen LogP contribution >= 0.6 is 15.9 Å². The molecule has 0 aliphatic carbocycles. The molecule has 0 radical (unpaired) electrons. The van der Waals surface area contributed by atoms with E-state index in [9.17, 15) is 8.42 Å². The lowest BCUT2D eigenvalue weighted by molar-refractivity contribution is 0.463. The summed E-state index contributed by atoms with van der Waals surface area (Å²) in [4.78, 5) is 4.00. The monoisotopic (exact) mass is 369 g/mol. The predicted molar refractivity (Wildman–Crippen MR) is 86.6 cm³/mol. The maximum Gasteiger partial charge on any atom is 0.262 e. The van der Waals surface area contributed by atoms with Crippen molar-refractivity contribution in [2.45, 2.75) is 11.6 Å². The lowest BCUT2D eigenvalue weighted by atomic mass is 10.2. The van der Waals surface area contributed by atoms with Crippen LogP contribution in [0, 0.1) is 0 Å². The van der Waals surface area contributed by atoms with E-state index in [1.807, 2.05) is 24.3 Å². The van der Waals surface area contributed by atoms with Crippen LogP contribution in [0.1, 0.15) is 5.56 Å². The number of pyridine rings is 1. The summed E-state index contributed by atoms with van der Waals surface area (Å²) in [6.07, 6.45) is 1.47. The third-order valence-electron chi connectivity index (χ3n) is 3.05. The first-order chi connectivity index (χ1) is 9.96. The number of nitrogens with zero attached hydrogens (tertiary/aromatic N) is 2. The van der Waals surface area contributed by atoms with Gasteiger partial charge in [-0.25, -0.2) is 13.4 Å². The van der Waals surface area contributed by atoms with Crippen LogP contribution < -0.4 is 5.32 Å². The third kappa shape index (κ3) is 3.42. The number of hydrogen-bond acceptors (Lipinski definition) is 4. The molecule has 0 bridgehead atoms. The van der Waals surface area contributed by atoms with Crippen molar-refractivity contribution in [2.75, 3.05) is 19.4 Å². The summed E-state index contributed by atoms with van der Waals surface area (Å²) < 4.78 is 27.4. The zero-order valence-electron chi connectivity index (χ0n) is 11.7. The molecule has 0 aliphatic rings. The summed E-state index contributed by atoms with van der Waals surface area (Å²) in [5, 5.41) is 2.88.